The van der Waals surface area contributed by atoms with Crippen LogP contribution in [0.2, 0.25) is 0 Å². The fraction of sp³-hybridized carbons (Fsp3) is 0.500. The molecule has 1 aliphatic rings. The molecule has 1 aromatic rings. The zero-order valence-corrected chi connectivity index (χ0v) is 14.0. The van der Waals surface area contributed by atoms with Gasteiger partial charge in [-0.3, -0.25) is 4.90 Å². The minimum absolute atomic E-state index is 0.0429. The molecule has 0 amide bonds. The van der Waals surface area contributed by atoms with Gasteiger partial charge in [-0.25, -0.2) is 12.8 Å². The quantitative estimate of drug-likeness (QED) is 0.858. The summed E-state index contributed by atoms with van der Waals surface area (Å²) in [6, 6.07) is 4.04. The zero-order chi connectivity index (χ0) is 16.0. The zero-order valence-electron chi connectivity index (χ0n) is 13.2. The first-order valence-electron chi connectivity index (χ1n) is 7.32. The summed E-state index contributed by atoms with van der Waals surface area (Å²) in [6.45, 7) is 8.84. The van der Waals surface area contributed by atoms with Crippen LogP contribution < -0.4 is 0 Å². The summed E-state index contributed by atoms with van der Waals surface area (Å²) in [4.78, 5) is 2.32. The van der Waals surface area contributed by atoms with Crippen LogP contribution in [0.3, 0.4) is 0 Å². The number of likely N-dealkylation sites (N-methyl/N-ethyl adjacent to an activating group) is 1. The Morgan fingerprint density at radius 2 is 1.90 bits per heavy atom. The number of sulfone groups is 1. The average molecular weight is 313 g/mol. The maximum absolute atomic E-state index is 13.6. The monoisotopic (exact) mass is 313 g/mol. The summed E-state index contributed by atoms with van der Waals surface area (Å²) in [5, 5.41) is 0. The first kappa shape index (κ1) is 17.9. The average Bonchev–Trinajstić information content (AvgIpc) is 2.48. The van der Waals surface area contributed by atoms with Gasteiger partial charge in [-0.15, -0.1) is 0 Å². The van der Waals surface area contributed by atoms with Gasteiger partial charge in [-0.1, -0.05) is 26.8 Å². The van der Waals surface area contributed by atoms with E-state index in [1.807, 2.05) is 19.9 Å². The van der Waals surface area contributed by atoms with Crippen molar-refractivity contribution in [1.82, 2.24) is 4.90 Å². The molecule has 0 fully saturated rings. The Labute approximate surface area is 127 Å². The Kier molecular flexibility index (Phi) is 6.55. The fourth-order valence-electron chi connectivity index (χ4n) is 2.22. The van der Waals surface area contributed by atoms with Gasteiger partial charge in [0.15, 0.2) is 9.84 Å². The molecule has 0 aliphatic carbocycles. The molecular formula is C16H24FNO2S. The molecule has 0 N–H and O–H groups in total. The Hall–Kier alpha value is -1.20. The summed E-state index contributed by atoms with van der Waals surface area (Å²) in [5.74, 6) is -0.503. The van der Waals surface area contributed by atoms with E-state index >= 15 is 0 Å². The molecule has 1 aromatic carbocycles. The molecule has 0 atom stereocenters. The predicted octanol–water partition coefficient (Wildman–Crippen LogP) is 3.36. The van der Waals surface area contributed by atoms with E-state index in [2.05, 4.69) is 11.8 Å². The van der Waals surface area contributed by atoms with E-state index in [1.165, 1.54) is 6.07 Å². The minimum Gasteiger partial charge on any atom is -0.300 e. The lowest BCUT2D eigenvalue weighted by atomic mass is 9.99. The van der Waals surface area contributed by atoms with Crippen LogP contribution >= 0.6 is 0 Å². The van der Waals surface area contributed by atoms with Crippen LogP contribution in [0.4, 0.5) is 4.39 Å². The molecule has 0 bridgehead atoms. The van der Waals surface area contributed by atoms with Crippen LogP contribution in [0.25, 0.3) is 5.57 Å². The third kappa shape index (κ3) is 4.93. The SMILES string of the molecule is CC.CCN1CC=C(c2cc(F)cc(S(C)(=O)=O)c2)CC1. The van der Waals surface area contributed by atoms with E-state index in [-0.39, 0.29) is 4.90 Å². The van der Waals surface area contributed by atoms with E-state index in [0.29, 0.717) is 5.56 Å². The molecule has 0 saturated heterocycles. The molecule has 0 spiro atoms. The van der Waals surface area contributed by atoms with Crippen molar-refractivity contribution < 1.29 is 12.8 Å². The van der Waals surface area contributed by atoms with Crippen molar-refractivity contribution in [2.45, 2.75) is 32.1 Å². The number of hydrogen-bond acceptors (Lipinski definition) is 3. The lowest BCUT2D eigenvalue weighted by Crippen LogP contribution is -2.28. The molecule has 0 aromatic heterocycles. The van der Waals surface area contributed by atoms with Crippen molar-refractivity contribution in [2.24, 2.45) is 0 Å². The van der Waals surface area contributed by atoms with Gasteiger partial charge in [-0.05, 0) is 42.3 Å². The van der Waals surface area contributed by atoms with Gasteiger partial charge in [0.1, 0.15) is 5.82 Å². The lowest BCUT2D eigenvalue weighted by molar-refractivity contribution is 0.318. The highest BCUT2D eigenvalue weighted by atomic mass is 32.2. The van der Waals surface area contributed by atoms with E-state index < -0.39 is 15.7 Å². The van der Waals surface area contributed by atoms with Gasteiger partial charge in [0, 0.05) is 19.3 Å². The molecule has 118 valence electrons. The third-order valence-corrected chi connectivity index (χ3v) is 4.50. The Morgan fingerprint density at radius 3 is 2.38 bits per heavy atom. The van der Waals surface area contributed by atoms with E-state index in [9.17, 15) is 12.8 Å². The van der Waals surface area contributed by atoms with Crippen molar-refractivity contribution in [1.29, 1.82) is 0 Å². The fourth-order valence-corrected chi connectivity index (χ4v) is 2.89. The topological polar surface area (TPSA) is 37.4 Å². The summed E-state index contributed by atoms with van der Waals surface area (Å²) in [6.07, 6.45) is 3.97. The first-order chi connectivity index (χ1) is 9.90. The van der Waals surface area contributed by atoms with E-state index in [1.54, 1.807) is 6.07 Å². The molecular weight excluding hydrogens is 289 g/mol. The van der Waals surface area contributed by atoms with Crippen LogP contribution in [0.5, 0.6) is 0 Å². The molecule has 2 rings (SSSR count). The second-order valence-electron chi connectivity index (χ2n) is 4.82. The molecule has 0 saturated carbocycles. The molecule has 0 unspecified atom stereocenters. The second-order valence-corrected chi connectivity index (χ2v) is 6.84. The smallest absolute Gasteiger partial charge is 0.175 e. The highest BCUT2D eigenvalue weighted by molar-refractivity contribution is 7.90. The largest absolute Gasteiger partial charge is 0.300 e. The Bertz CT molecular complexity index is 609. The maximum Gasteiger partial charge on any atom is 0.175 e. The molecule has 5 heteroatoms. The lowest BCUT2D eigenvalue weighted by Gasteiger charge is -2.25. The Balaban J connectivity index is 0.00000106. The van der Waals surface area contributed by atoms with Crippen molar-refractivity contribution >= 4 is 15.4 Å². The van der Waals surface area contributed by atoms with Crippen molar-refractivity contribution in [3.05, 3.63) is 35.7 Å². The summed E-state index contributed by atoms with van der Waals surface area (Å²) in [7, 11) is -3.38. The highest BCUT2D eigenvalue weighted by Crippen LogP contribution is 2.25. The van der Waals surface area contributed by atoms with Gasteiger partial charge in [0.25, 0.3) is 0 Å². The highest BCUT2D eigenvalue weighted by Gasteiger charge is 2.15. The van der Waals surface area contributed by atoms with E-state index in [0.717, 1.165) is 44.0 Å². The summed E-state index contributed by atoms with van der Waals surface area (Å²) < 4.78 is 36.6. The third-order valence-electron chi connectivity index (χ3n) is 3.41. The van der Waals surface area contributed by atoms with Gasteiger partial charge in [0.05, 0.1) is 4.90 Å². The normalized spacial score (nSPS) is 16.0. The van der Waals surface area contributed by atoms with Crippen LogP contribution in [0.1, 0.15) is 32.8 Å². The molecule has 1 heterocycles. The van der Waals surface area contributed by atoms with Crippen molar-refractivity contribution in [2.75, 3.05) is 25.9 Å². The first-order valence-corrected chi connectivity index (χ1v) is 9.21. The van der Waals surface area contributed by atoms with Gasteiger partial charge >= 0.3 is 0 Å². The van der Waals surface area contributed by atoms with Crippen molar-refractivity contribution in [3.8, 4) is 0 Å². The number of nitrogens with zero attached hydrogens (tertiary/aromatic N) is 1. The summed E-state index contributed by atoms with van der Waals surface area (Å²) >= 11 is 0. The van der Waals surface area contributed by atoms with Gasteiger partial charge in [-0.2, -0.15) is 0 Å². The van der Waals surface area contributed by atoms with Gasteiger partial charge in [0.2, 0.25) is 0 Å². The molecule has 1 aliphatic heterocycles. The van der Waals surface area contributed by atoms with Gasteiger partial charge < -0.3 is 0 Å². The predicted molar refractivity (Wildman–Crippen MR) is 85.6 cm³/mol. The maximum atomic E-state index is 13.6. The number of halogens is 1. The summed E-state index contributed by atoms with van der Waals surface area (Å²) in [5.41, 5.74) is 1.70. The number of rotatable bonds is 3. The van der Waals surface area contributed by atoms with Crippen LogP contribution in [-0.2, 0) is 9.84 Å². The number of hydrogen-bond donors (Lipinski definition) is 0. The minimum atomic E-state index is -3.38. The molecule has 0 radical (unpaired) electrons. The molecule has 21 heavy (non-hydrogen) atoms. The molecule has 3 nitrogen and oxygen atoms in total. The van der Waals surface area contributed by atoms with Crippen LogP contribution in [0.15, 0.2) is 29.2 Å². The van der Waals surface area contributed by atoms with Crippen LogP contribution in [0, 0.1) is 5.82 Å². The van der Waals surface area contributed by atoms with E-state index in [4.69, 9.17) is 0 Å². The van der Waals surface area contributed by atoms with Crippen molar-refractivity contribution in [3.63, 3.8) is 0 Å². The number of benzene rings is 1. The standard InChI is InChI=1S/C14H18FNO2S.C2H6/c1-3-16-6-4-11(5-7-16)12-8-13(15)10-14(9-12)19(2,17)18;1-2/h4,8-10H,3,5-7H2,1-2H3;1-2H3. The second kappa shape index (κ2) is 7.71. The Morgan fingerprint density at radius 1 is 1.24 bits per heavy atom. The van der Waals surface area contributed by atoms with Crippen LogP contribution in [-0.4, -0.2) is 39.2 Å².